The number of benzene rings is 1. The molecule has 10 nitrogen and oxygen atoms in total. The fourth-order valence-corrected chi connectivity index (χ4v) is 3.04. The van der Waals surface area contributed by atoms with Crippen LogP contribution in [0.4, 0.5) is 10.5 Å². The van der Waals surface area contributed by atoms with E-state index in [1.165, 1.54) is 0 Å². The molecule has 2 heterocycles. The number of nitrogens with two attached hydrogens (primary N) is 1. The van der Waals surface area contributed by atoms with Crippen LogP contribution < -0.4 is 16.0 Å². The van der Waals surface area contributed by atoms with Crippen LogP contribution in [0.1, 0.15) is 5.89 Å². The van der Waals surface area contributed by atoms with Crippen LogP contribution in [0.25, 0.3) is 11.1 Å². The van der Waals surface area contributed by atoms with Crippen LogP contribution in [0.3, 0.4) is 0 Å². The van der Waals surface area contributed by atoms with E-state index in [-0.39, 0.29) is 18.9 Å². The van der Waals surface area contributed by atoms with Gasteiger partial charge < -0.3 is 30.0 Å². The quantitative estimate of drug-likeness (QED) is 0.673. The van der Waals surface area contributed by atoms with Crippen LogP contribution >= 0.6 is 0 Å². The molecule has 1 aliphatic heterocycles. The highest BCUT2D eigenvalue weighted by molar-refractivity contribution is 5.84. The van der Waals surface area contributed by atoms with Gasteiger partial charge in [-0.3, -0.25) is 4.79 Å². The summed E-state index contributed by atoms with van der Waals surface area (Å²) in [5.41, 5.74) is 7.30. The van der Waals surface area contributed by atoms with Crippen molar-refractivity contribution < 1.29 is 18.7 Å². The number of hydrogen-bond acceptors (Lipinski definition) is 8. The molecule has 1 aliphatic rings. The number of aromatic nitrogens is 1. The zero-order valence-corrected chi connectivity index (χ0v) is 15.6. The Morgan fingerprint density at radius 2 is 2.14 bits per heavy atom. The number of anilines is 1. The average Bonchev–Trinajstić information content (AvgIpc) is 3.07. The maximum absolute atomic E-state index is 12.1. The molecule has 0 spiro atoms. The molecule has 1 fully saturated rings. The number of nitriles is 1. The van der Waals surface area contributed by atoms with E-state index in [4.69, 9.17) is 20.1 Å². The van der Waals surface area contributed by atoms with Crippen molar-refractivity contribution in [2.45, 2.75) is 12.5 Å². The molecule has 3 rings (SSSR count). The molecule has 1 unspecified atom stereocenters. The zero-order valence-electron chi connectivity index (χ0n) is 15.6. The van der Waals surface area contributed by atoms with E-state index in [1.807, 2.05) is 18.2 Å². The predicted octanol–water partition coefficient (Wildman–Crippen LogP) is 0.226. The van der Waals surface area contributed by atoms with Crippen molar-refractivity contribution in [2.24, 2.45) is 5.73 Å². The van der Waals surface area contributed by atoms with Gasteiger partial charge in [0.25, 0.3) is 5.91 Å². The fourth-order valence-electron chi connectivity index (χ4n) is 3.04. The Labute approximate surface area is 161 Å². The number of fused-ring (bicyclic) bond motifs is 1. The molecular weight excluding hydrogens is 364 g/mol. The monoisotopic (exact) mass is 386 g/mol. The fraction of sp³-hybridized carbons (Fsp3) is 0.444. The van der Waals surface area contributed by atoms with Crippen molar-refractivity contribution in [3.63, 3.8) is 0 Å². The number of piperazine rings is 1. The highest BCUT2D eigenvalue weighted by Crippen LogP contribution is 2.24. The second kappa shape index (κ2) is 8.58. The van der Waals surface area contributed by atoms with Gasteiger partial charge in [-0.05, 0) is 19.2 Å². The number of likely N-dealkylation sites (N-methyl/N-ethyl adjacent to an activating group) is 1. The summed E-state index contributed by atoms with van der Waals surface area (Å²) in [6.45, 7) is 3.62. The zero-order chi connectivity index (χ0) is 20.1. The van der Waals surface area contributed by atoms with Gasteiger partial charge in [0.2, 0.25) is 0 Å². The number of carbonyl (C=O) groups is 2. The van der Waals surface area contributed by atoms with E-state index in [2.05, 4.69) is 27.1 Å². The largest absolute Gasteiger partial charge is 0.440 e. The second-order valence-corrected chi connectivity index (χ2v) is 6.56. The van der Waals surface area contributed by atoms with Crippen LogP contribution in [0.2, 0.25) is 0 Å². The Morgan fingerprint density at radius 3 is 2.82 bits per heavy atom. The van der Waals surface area contributed by atoms with Crippen LogP contribution in [0.15, 0.2) is 22.6 Å². The molecule has 2 aromatic rings. The van der Waals surface area contributed by atoms with Gasteiger partial charge in [-0.1, -0.05) is 0 Å². The summed E-state index contributed by atoms with van der Waals surface area (Å²) in [6.07, 6.45) is -2.40. The Hall–Kier alpha value is -3.32. The van der Waals surface area contributed by atoms with Gasteiger partial charge in [-0.2, -0.15) is 5.26 Å². The second-order valence-electron chi connectivity index (χ2n) is 6.56. The first-order valence-electron chi connectivity index (χ1n) is 8.90. The number of hydrogen-bond donors (Lipinski definition) is 2. The molecule has 10 heteroatoms. The number of ether oxygens (including phenoxy) is 1. The number of amides is 2. The van der Waals surface area contributed by atoms with Gasteiger partial charge in [0.1, 0.15) is 12.1 Å². The molecule has 0 radical (unpaired) electrons. The van der Waals surface area contributed by atoms with E-state index in [1.54, 1.807) is 6.07 Å². The van der Waals surface area contributed by atoms with E-state index < -0.39 is 18.1 Å². The van der Waals surface area contributed by atoms with E-state index in [0.29, 0.717) is 11.1 Å². The highest BCUT2D eigenvalue weighted by Gasteiger charge is 2.25. The Bertz CT molecular complexity index is 897. The third-order valence-electron chi connectivity index (χ3n) is 4.54. The third-order valence-corrected chi connectivity index (χ3v) is 4.54. The Balaban J connectivity index is 1.75. The molecule has 3 N–H and O–H groups in total. The summed E-state index contributed by atoms with van der Waals surface area (Å²) in [6, 6.07) is 7.54. The maximum Gasteiger partial charge on any atom is 0.405 e. The van der Waals surface area contributed by atoms with Gasteiger partial charge in [0, 0.05) is 37.9 Å². The number of carbonyl (C=O) groups excluding carboxylic acids is 2. The van der Waals surface area contributed by atoms with E-state index >= 15 is 0 Å². The molecule has 1 aromatic carbocycles. The molecular formula is C18H22N6O4. The number of oxazole rings is 1. The first-order valence-corrected chi connectivity index (χ1v) is 8.90. The van der Waals surface area contributed by atoms with Crippen LogP contribution in [-0.2, 0) is 16.0 Å². The summed E-state index contributed by atoms with van der Waals surface area (Å²) < 4.78 is 10.6. The van der Waals surface area contributed by atoms with Gasteiger partial charge in [0.15, 0.2) is 17.6 Å². The molecule has 1 aromatic heterocycles. The smallest absolute Gasteiger partial charge is 0.405 e. The minimum absolute atomic E-state index is 0.0846. The summed E-state index contributed by atoms with van der Waals surface area (Å²) in [7, 11) is 2.10. The van der Waals surface area contributed by atoms with Gasteiger partial charge in [0.05, 0.1) is 12.5 Å². The van der Waals surface area contributed by atoms with E-state index in [0.717, 1.165) is 31.9 Å². The van der Waals surface area contributed by atoms with Crippen molar-refractivity contribution >= 4 is 28.8 Å². The van der Waals surface area contributed by atoms with Crippen LogP contribution in [-0.4, -0.2) is 67.8 Å². The normalized spacial score (nSPS) is 15.8. The van der Waals surface area contributed by atoms with Crippen LogP contribution in [0, 0.1) is 11.3 Å². The van der Waals surface area contributed by atoms with Crippen molar-refractivity contribution in [1.29, 1.82) is 5.26 Å². The average molecular weight is 386 g/mol. The van der Waals surface area contributed by atoms with E-state index in [9.17, 15) is 9.59 Å². The molecule has 1 saturated heterocycles. The van der Waals surface area contributed by atoms with Crippen molar-refractivity contribution in [3.05, 3.63) is 24.1 Å². The Kier molecular flexibility index (Phi) is 5.96. The lowest BCUT2D eigenvalue weighted by molar-refractivity contribution is -0.129. The first-order chi connectivity index (χ1) is 13.5. The molecule has 28 heavy (non-hydrogen) atoms. The SMILES string of the molecule is CN1CCN(c2ccc3nc(CC(OC(N)=O)C(=O)NCC#N)oc3c2)CC1. The summed E-state index contributed by atoms with van der Waals surface area (Å²) in [4.78, 5) is 32.1. The number of nitrogens with zero attached hydrogens (tertiary/aromatic N) is 4. The maximum atomic E-state index is 12.1. The number of primary amides is 1. The van der Waals surface area contributed by atoms with Crippen molar-refractivity contribution in [1.82, 2.24) is 15.2 Å². The van der Waals surface area contributed by atoms with Crippen LogP contribution in [0.5, 0.6) is 0 Å². The topological polar surface area (TPSA) is 138 Å². The highest BCUT2D eigenvalue weighted by atomic mass is 16.6. The Morgan fingerprint density at radius 1 is 1.39 bits per heavy atom. The van der Waals surface area contributed by atoms with Crippen molar-refractivity contribution in [3.8, 4) is 6.07 Å². The van der Waals surface area contributed by atoms with Gasteiger partial charge >= 0.3 is 6.09 Å². The lowest BCUT2D eigenvalue weighted by atomic mass is 10.2. The lowest BCUT2D eigenvalue weighted by Gasteiger charge is -2.33. The molecule has 148 valence electrons. The molecule has 0 aliphatic carbocycles. The molecule has 0 saturated carbocycles. The summed E-state index contributed by atoms with van der Waals surface area (Å²) in [5, 5.41) is 10.9. The predicted molar refractivity (Wildman–Crippen MR) is 101 cm³/mol. The standard InChI is InChI=1S/C18H22N6O4/c1-23-6-8-24(9-7-23)12-2-3-13-14(10-12)27-16(22-13)11-15(28-18(20)26)17(25)21-5-4-19/h2-3,10,15H,5-9,11H2,1H3,(H2,20,26)(H,21,25). The summed E-state index contributed by atoms with van der Waals surface area (Å²) in [5.74, 6) is -0.399. The minimum atomic E-state index is -1.23. The minimum Gasteiger partial charge on any atom is -0.440 e. The summed E-state index contributed by atoms with van der Waals surface area (Å²) >= 11 is 0. The van der Waals surface area contributed by atoms with Gasteiger partial charge in [-0.25, -0.2) is 9.78 Å². The first kappa shape index (κ1) is 19.4. The lowest BCUT2D eigenvalue weighted by Crippen LogP contribution is -2.44. The van der Waals surface area contributed by atoms with Crippen molar-refractivity contribution in [2.75, 3.05) is 44.7 Å². The third kappa shape index (κ3) is 4.69. The number of rotatable bonds is 6. The number of nitrogens with one attached hydrogen (secondary N) is 1. The molecule has 0 bridgehead atoms. The molecule has 2 amide bonds. The molecule has 1 atom stereocenters. The van der Waals surface area contributed by atoms with Gasteiger partial charge in [-0.15, -0.1) is 0 Å².